The van der Waals surface area contributed by atoms with Gasteiger partial charge in [-0.3, -0.25) is 9.59 Å². The van der Waals surface area contributed by atoms with Crippen molar-refractivity contribution < 1.29 is 14.0 Å². The molecule has 0 spiro atoms. The predicted octanol–water partition coefficient (Wildman–Crippen LogP) is 5.27. The van der Waals surface area contributed by atoms with E-state index in [1.807, 2.05) is 10.6 Å². The van der Waals surface area contributed by atoms with Gasteiger partial charge in [0.05, 0.1) is 16.8 Å². The Bertz CT molecular complexity index is 1180. The number of carbonyl (C=O) groups excluding carboxylic acids is 2. The first kappa shape index (κ1) is 22.1. The quantitative estimate of drug-likeness (QED) is 0.520. The third-order valence-corrected chi connectivity index (χ3v) is 8.22. The fourth-order valence-corrected chi connectivity index (χ4v) is 6.18. The molecule has 174 valence electrons. The number of aryl methyl sites for hydroxylation is 1. The van der Waals surface area contributed by atoms with E-state index in [-0.39, 0.29) is 30.2 Å². The highest BCUT2D eigenvalue weighted by molar-refractivity contribution is 7.19. The molecule has 1 fully saturated rings. The van der Waals surface area contributed by atoms with Crippen LogP contribution in [0.25, 0.3) is 10.2 Å². The van der Waals surface area contributed by atoms with Crippen molar-refractivity contribution >= 4 is 33.4 Å². The Morgan fingerprint density at radius 2 is 1.91 bits per heavy atom. The molecule has 3 aromatic rings. The summed E-state index contributed by atoms with van der Waals surface area (Å²) in [6, 6.07) is 10.0. The van der Waals surface area contributed by atoms with Gasteiger partial charge in [0.1, 0.15) is 17.6 Å². The van der Waals surface area contributed by atoms with Crippen LogP contribution >= 0.6 is 11.3 Å². The molecule has 2 aromatic heterocycles. The van der Waals surface area contributed by atoms with Crippen molar-refractivity contribution in [2.24, 2.45) is 0 Å². The highest BCUT2D eigenvalue weighted by Crippen LogP contribution is 2.33. The predicted molar refractivity (Wildman–Crippen MR) is 129 cm³/mol. The maximum atomic E-state index is 14.5. The van der Waals surface area contributed by atoms with Gasteiger partial charge >= 0.3 is 0 Å². The zero-order chi connectivity index (χ0) is 22.9. The second-order valence-corrected chi connectivity index (χ2v) is 10.4. The van der Waals surface area contributed by atoms with E-state index < -0.39 is 6.04 Å². The molecule has 1 aliphatic heterocycles. The average Bonchev–Trinajstić information content (AvgIpc) is 3.25. The number of fused-ring (bicyclic) bond motifs is 3. The Kier molecular flexibility index (Phi) is 6.23. The van der Waals surface area contributed by atoms with Crippen LogP contribution in [0.5, 0.6) is 0 Å². The first-order valence-electron chi connectivity index (χ1n) is 12.0. The van der Waals surface area contributed by atoms with E-state index in [9.17, 15) is 14.0 Å². The molecule has 1 saturated carbocycles. The number of thiophene rings is 1. The first-order valence-corrected chi connectivity index (χ1v) is 12.8. The molecule has 1 atom stereocenters. The Balaban J connectivity index is 1.49. The molecule has 1 aromatic carbocycles. The molecular formula is C26H30FN3O2S. The smallest absolute Gasteiger partial charge is 0.271 e. The van der Waals surface area contributed by atoms with Gasteiger partial charge in [-0.25, -0.2) is 4.39 Å². The summed E-state index contributed by atoms with van der Waals surface area (Å²) in [7, 11) is 0. The van der Waals surface area contributed by atoms with Crippen molar-refractivity contribution in [2.45, 2.75) is 77.0 Å². The van der Waals surface area contributed by atoms with Gasteiger partial charge in [0.25, 0.3) is 5.91 Å². The number of rotatable bonds is 5. The van der Waals surface area contributed by atoms with Gasteiger partial charge < -0.3 is 14.8 Å². The van der Waals surface area contributed by atoms with Gasteiger partial charge in [-0.15, -0.1) is 11.3 Å². The van der Waals surface area contributed by atoms with E-state index >= 15 is 0 Å². The average molecular weight is 468 g/mol. The number of hydrogen-bond donors (Lipinski definition) is 1. The van der Waals surface area contributed by atoms with E-state index in [1.165, 1.54) is 23.8 Å². The molecule has 1 N–H and O–H groups in total. The van der Waals surface area contributed by atoms with Crippen LogP contribution in [0.2, 0.25) is 0 Å². The number of aromatic nitrogens is 1. The minimum atomic E-state index is -0.673. The fraction of sp³-hybridized carbons (Fsp3) is 0.462. The van der Waals surface area contributed by atoms with Crippen LogP contribution < -0.4 is 5.32 Å². The van der Waals surface area contributed by atoms with E-state index in [2.05, 4.69) is 18.3 Å². The number of carbonyl (C=O) groups is 2. The molecule has 0 saturated heterocycles. The van der Waals surface area contributed by atoms with E-state index in [4.69, 9.17) is 0 Å². The summed E-state index contributed by atoms with van der Waals surface area (Å²) in [6.07, 6.45) is 7.53. The molecule has 33 heavy (non-hydrogen) atoms. The summed E-state index contributed by atoms with van der Waals surface area (Å²) in [5.74, 6) is -0.709. The molecule has 0 radical (unpaired) electrons. The van der Waals surface area contributed by atoms with Gasteiger partial charge in [0.2, 0.25) is 5.91 Å². The lowest BCUT2D eigenvalue weighted by Gasteiger charge is -2.36. The topological polar surface area (TPSA) is 54.3 Å². The van der Waals surface area contributed by atoms with Crippen LogP contribution in [0.1, 0.15) is 66.4 Å². The first-order chi connectivity index (χ1) is 16.0. The van der Waals surface area contributed by atoms with Crippen molar-refractivity contribution in [1.82, 2.24) is 14.8 Å². The van der Waals surface area contributed by atoms with Crippen LogP contribution in [-0.2, 0) is 24.3 Å². The zero-order valence-corrected chi connectivity index (χ0v) is 19.8. The van der Waals surface area contributed by atoms with Crippen molar-refractivity contribution in [3.8, 4) is 0 Å². The Morgan fingerprint density at radius 3 is 2.64 bits per heavy atom. The van der Waals surface area contributed by atoms with E-state index in [0.29, 0.717) is 17.8 Å². The van der Waals surface area contributed by atoms with Crippen LogP contribution in [0.3, 0.4) is 0 Å². The van der Waals surface area contributed by atoms with Crippen LogP contribution in [0.4, 0.5) is 4.39 Å². The normalized spacial score (nSPS) is 19.5. The van der Waals surface area contributed by atoms with Crippen molar-refractivity contribution in [1.29, 1.82) is 0 Å². The van der Waals surface area contributed by atoms with Crippen LogP contribution in [-0.4, -0.2) is 33.4 Å². The summed E-state index contributed by atoms with van der Waals surface area (Å²) >= 11 is 1.69. The Morgan fingerprint density at radius 1 is 1.15 bits per heavy atom. The number of halogens is 1. The monoisotopic (exact) mass is 467 g/mol. The molecule has 7 heteroatoms. The largest absolute Gasteiger partial charge is 0.352 e. The lowest BCUT2D eigenvalue weighted by molar-refractivity contribution is -0.127. The summed E-state index contributed by atoms with van der Waals surface area (Å²) < 4.78 is 17.5. The number of amides is 2. The molecule has 2 aliphatic rings. The maximum Gasteiger partial charge on any atom is 0.271 e. The van der Waals surface area contributed by atoms with Crippen molar-refractivity contribution in [2.75, 3.05) is 0 Å². The number of benzene rings is 1. The van der Waals surface area contributed by atoms with E-state index in [1.54, 1.807) is 34.4 Å². The molecule has 1 aliphatic carbocycles. The van der Waals surface area contributed by atoms with E-state index in [0.717, 1.165) is 42.3 Å². The summed E-state index contributed by atoms with van der Waals surface area (Å²) in [6.45, 7) is 2.58. The third kappa shape index (κ3) is 4.31. The number of hydrogen-bond acceptors (Lipinski definition) is 3. The summed E-state index contributed by atoms with van der Waals surface area (Å²) in [5.41, 5.74) is 2.01. The number of nitrogens with one attached hydrogen (secondary N) is 1. The van der Waals surface area contributed by atoms with Crippen LogP contribution in [0.15, 0.2) is 36.4 Å². The molecule has 2 amide bonds. The van der Waals surface area contributed by atoms with Crippen LogP contribution in [0, 0.1) is 5.82 Å². The Labute approximate surface area is 197 Å². The minimum absolute atomic E-state index is 0.0767. The van der Waals surface area contributed by atoms with Gasteiger partial charge in [0.15, 0.2) is 0 Å². The minimum Gasteiger partial charge on any atom is -0.352 e. The highest BCUT2D eigenvalue weighted by Gasteiger charge is 2.39. The molecular weight excluding hydrogens is 437 g/mol. The van der Waals surface area contributed by atoms with Crippen molar-refractivity contribution in [3.63, 3.8) is 0 Å². The molecule has 0 bridgehead atoms. The van der Waals surface area contributed by atoms with Gasteiger partial charge in [-0.2, -0.15) is 0 Å². The SMILES string of the molecule is CCc1cc2c(cc3n2CC(C(=O)NC2CCCCCC2)N(Cc2ccccc2F)C3=O)s1. The summed E-state index contributed by atoms with van der Waals surface area (Å²) in [5, 5.41) is 3.23. The fourth-order valence-electron chi connectivity index (χ4n) is 5.14. The maximum absolute atomic E-state index is 14.5. The zero-order valence-electron chi connectivity index (χ0n) is 19.0. The highest BCUT2D eigenvalue weighted by atomic mass is 32.1. The Hall–Kier alpha value is -2.67. The lowest BCUT2D eigenvalue weighted by atomic mass is 10.1. The molecule has 1 unspecified atom stereocenters. The third-order valence-electron chi connectivity index (χ3n) is 7.00. The standard InChI is InChI=1S/C26H30FN3O2S/c1-2-19-13-21-24(33-19)14-22-26(32)30(15-17-9-7-8-12-20(17)27)23(16-29(21)22)25(31)28-18-10-5-3-4-6-11-18/h7-9,12-14,18,23H,2-6,10-11,15-16H2,1H3,(H,28,31). The molecule has 5 rings (SSSR count). The second-order valence-electron chi connectivity index (χ2n) is 9.19. The lowest BCUT2D eigenvalue weighted by Crippen LogP contribution is -2.56. The van der Waals surface area contributed by atoms with Gasteiger partial charge in [-0.1, -0.05) is 50.8 Å². The van der Waals surface area contributed by atoms with Gasteiger partial charge in [0, 0.05) is 23.0 Å². The van der Waals surface area contributed by atoms with Crippen molar-refractivity contribution in [3.05, 3.63) is 58.3 Å². The molecule has 3 heterocycles. The van der Waals surface area contributed by atoms with Gasteiger partial charge in [-0.05, 0) is 37.5 Å². The summed E-state index contributed by atoms with van der Waals surface area (Å²) in [4.78, 5) is 30.0. The molecule has 5 nitrogen and oxygen atoms in total. The number of nitrogens with zero attached hydrogens (tertiary/aromatic N) is 2. The second kappa shape index (κ2) is 9.29.